The molecule has 8 heteroatoms. The number of anilines is 1. The summed E-state index contributed by atoms with van der Waals surface area (Å²) in [6, 6.07) is 8.36. The maximum Gasteiger partial charge on any atom is 0.266 e. The largest absolute Gasteiger partial charge is 0.388 e. The molecule has 150 valence electrons. The van der Waals surface area contributed by atoms with Gasteiger partial charge in [0.05, 0.1) is 13.2 Å². The van der Waals surface area contributed by atoms with Crippen LogP contribution in [0.25, 0.3) is 0 Å². The summed E-state index contributed by atoms with van der Waals surface area (Å²) >= 11 is 0. The van der Waals surface area contributed by atoms with Crippen LogP contribution in [0.3, 0.4) is 0 Å². The minimum Gasteiger partial charge on any atom is -0.388 e. The van der Waals surface area contributed by atoms with E-state index in [1.165, 1.54) is 18.3 Å². The van der Waals surface area contributed by atoms with Gasteiger partial charge in [0, 0.05) is 64.2 Å². The Morgan fingerprint density at radius 1 is 1.14 bits per heavy atom. The van der Waals surface area contributed by atoms with Crippen LogP contribution in [0.1, 0.15) is 0 Å². The van der Waals surface area contributed by atoms with E-state index in [1.807, 2.05) is 6.07 Å². The molecule has 2 aliphatic heterocycles. The summed E-state index contributed by atoms with van der Waals surface area (Å²) in [4.78, 5) is 18.7. The number of hydrogen-bond donors (Lipinski definition) is 1. The van der Waals surface area contributed by atoms with E-state index in [2.05, 4.69) is 15.1 Å². The molecule has 1 N–H and O–H groups in total. The lowest BCUT2D eigenvalue weighted by Gasteiger charge is -2.36. The first-order valence-corrected chi connectivity index (χ1v) is 9.61. The molecular formula is C20H26FN5O2. The number of hydrogen-bond acceptors (Lipinski definition) is 6. The van der Waals surface area contributed by atoms with Crippen LogP contribution in [0.2, 0.25) is 0 Å². The average molecular weight is 387 g/mol. The van der Waals surface area contributed by atoms with Gasteiger partial charge in [-0.2, -0.15) is 5.26 Å². The second kappa shape index (κ2) is 10.1. The number of nitrogens with one attached hydrogen (secondary N) is 1. The van der Waals surface area contributed by atoms with Crippen LogP contribution in [0.15, 0.2) is 36.0 Å². The predicted molar refractivity (Wildman–Crippen MR) is 104 cm³/mol. The van der Waals surface area contributed by atoms with E-state index >= 15 is 0 Å². The summed E-state index contributed by atoms with van der Waals surface area (Å²) in [5, 5.41) is 12.4. The molecule has 0 bridgehead atoms. The van der Waals surface area contributed by atoms with Crippen molar-refractivity contribution in [3.63, 3.8) is 0 Å². The smallest absolute Gasteiger partial charge is 0.266 e. The van der Waals surface area contributed by atoms with Crippen LogP contribution < -0.4 is 10.2 Å². The summed E-state index contributed by atoms with van der Waals surface area (Å²) < 4.78 is 18.4. The SMILES string of the molecule is N#C/C(=C/NCCN1CCOCC1)C(=O)N1CCN(c2ccc(F)cc2)CC1. The lowest BCUT2D eigenvalue weighted by molar-refractivity contribution is -0.127. The number of ether oxygens (including phenoxy) is 1. The summed E-state index contributed by atoms with van der Waals surface area (Å²) in [6.07, 6.45) is 1.52. The van der Waals surface area contributed by atoms with Crippen LogP contribution in [0, 0.1) is 17.1 Å². The van der Waals surface area contributed by atoms with Crippen molar-refractivity contribution in [1.29, 1.82) is 5.26 Å². The molecule has 3 rings (SSSR count). The first kappa shape index (κ1) is 20.1. The van der Waals surface area contributed by atoms with Gasteiger partial charge in [-0.3, -0.25) is 9.69 Å². The molecule has 1 aromatic carbocycles. The van der Waals surface area contributed by atoms with E-state index in [9.17, 15) is 14.4 Å². The molecule has 0 unspecified atom stereocenters. The molecule has 7 nitrogen and oxygen atoms in total. The van der Waals surface area contributed by atoms with Crippen molar-refractivity contribution < 1.29 is 13.9 Å². The van der Waals surface area contributed by atoms with Gasteiger partial charge >= 0.3 is 0 Å². The normalized spacial score (nSPS) is 18.6. The van der Waals surface area contributed by atoms with E-state index in [0.29, 0.717) is 32.7 Å². The molecule has 0 spiro atoms. The number of carbonyl (C=O) groups is 1. The lowest BCUT2D eigenvalue weighted by Crippen LogP contribution is -2.49. The lowest BCUT2D eigenvalue weighted by atomic mass is 10.2. The minimum atomic E-state index is -0.262. The highest BCUT2D eigenvalue weighted by Crippen LogP contribution is 2.17. The van der Waals surface area contributed by atoms with Crippen LogP contribution in [-0.4, -0.2) is 81.3 Å². The molecule has 2 fully saturated rings. The highest BCUT2D eigenvalue weighted by molar-refractivity contribution is 5.97. The van der Waals surface area contributed by atoms with Crippen LogP contribution in [0.4, 0.5) is 10.1 Å². The third kappa shape index (κ3) is 5.44. The zero-order valence-corrected chi connectivity index (χ0v) is 15.9. The molecule has 0 atom stereocenters. The van der Waals surface area contributed by atoms with Crippen molar-refractivity contribution in [2.75, 3.05) is 70.5 Å². The third-order valence-electron chi connectivity index (χ3n) is 5.03. The Kier molecular flexibility index (Phi) is 7.23. The van der Waals surface area contributed by atoms with Crippen molar-refractivity contribution >= 4 is 11.6 Å². The van der Waals surface area contributed by atoms with E-state index in [1.54, 1.807) is 17.0 Å². The maximum atomic E-state index is 13.1. The molecule has 0 aliphatic carbocycles. The van der Waals surface area contributed by atoms with E-state index in [-0.39, 0.29) is 17.3 Å². The third-order valence-corrected chi connectivity index (χ3v) is 5.03. The van der Waals surface area contributed by atoms with Gasteiger partial charge in [-0.1, -0.05) is 0 Å². The standard InChI is InChI=1S/C20H26FN5O2/c21-18-1-3-19(4-2-18)25-7-9-26(10-8-25)20(27)17(15-22)16-23-5-6-24-11-13-28-14-12-24/h1-4,16,23H,5-14H2/b17-16-. The highest BCUT2D eigenvalue weighted by Gasteiger charge is 2.24. The van der Waals surface area contributed by atoms with Gasteiger partial charge in [-0.15, -0.1) is 0 Å². The molecule has 1 aromatic rings. The van der Waals surface area contributed by atoms with Gasteiger partial charge in [0.15, 0.2) is 0 Å². The fourth-order valence-corrected chi connectivity index (χ4v) is 3.35. The summed E-state index contributed by atoms with van der Waals surface area (Å²) in [5.74, 6) is -0.511. The Bertz CT molecular complexity index is 717. The number of halogens is 1. The highest BCUT2D eigenvalue weighted by atomic mass is 19.1. The number of amides is 1. The average Bonchev–Trinajstić information content (AvgIpc) is 2.75. The first-order chi connectivity index (χ1) is 13.7. The molecule has 2 aliphatic rings. The Morgan fingerprint density at radius 3 is 2.46 bits per heavy atom. The van der Waals surface area contributed by atoms with Gasteiger partial charge in [0.25, 0.3) is 5.91 Å². The van der Waals surface area contributed by atoms with Crippen LogP contribution in [0.5, 0.6) is 0 Å². The number of carbonyl (C=O) groups excluding carboxylic acids is 1. The monoisotopic (exact) mass is 387 g/mol. The molecule has 2 saturated heterocycles. The number of nitriles is 1. The molecular weight excluding hydrogens is 361 g/mol. The Balaban J connectivity index is 1.45. The second-order valence-corrected chi connectivity index (χ2v) is 6.83. The van der Waals surface area contributed by atoms with E-state index in [0.717, 1.165) is 38.5 Å². The van der Waals surface area contributed by atoms with E-state index < -0.39 is 0 Å². The number of morpholine rings is 1. The van der Waals surface area contributed by atoms with E-state index in [4.69, 9.17) is 4.74 Å². The zero-order valence-electron chi connectivity index (χ0n) is 15.9. The first-order valence-electron chi connectivity index (χ1n) is 9.61. The second-order valence-electron chi connectivity index (χ2n) is 6.83. The van der Waals surface area contributed by atoms with Gasteiger partial charge < -0.3 is 19.9 Å². The Labute approximate surface area is 165 Å². The van der Waals surface area contributed by atoms with Crippen molar-refractivity contribution in [2.24, 2.45) is 0 Å². The fraction of sp³-hybridized carbons (Fsp3) is 0.500. The molecule has 28 heavy (non-hydrogen) atoms. The number of rotatable bonds is 6. The summed E-state index contributed by atoms with van der Waals surface area (Å²) in [5.41, 5.74) is 1.06. The summed E-state index contributed by atoms with van der Waals surface area (Å²) in [6.45, 7) is 7.22. The zero-order chi connectivity index (χ0) is 19.8. The molecule has 0 radical (unpaired) electrons. The fourth-order valence-electron chi connectivity index (χ4n) is 3.35. The van der Waals surface area contributed by atoms with Gasteiger partial charge in [0.1, 0.15) is 17.5 Å². The number of nitrogens with zero attached hydrogens (tertiary/aromatic N) is 4. The maximum absolute atomic E-state index is 13.1. The van der Waals surface area contributed by atoms with Crippen molar-refractivity contribution in [3.05, 3.63) is 41.9 Å². The molecule has 0 aromatic heterocycles. The molecule has 0 saturated carbocycles. The van der Waals surface area contributed by atoms with Crippen molar-refractivity contribution in [2.45, 2.75) is 0 Å². The van der Waals surface area contributed by atoms with Gasteiger partial charge in [0.2, 0.25) is 0 Å². The Morgan fingerprint density at radius 2 is 1.82 bits per heavy atom. The van der Waals surface area contributed by atoms with Crippen LogP contribution >= 0.6 is 0 Å². The predicted octanol–water partition coefficient (Wildman–Crippen LogP) is 0.804. The topological polar surface area (TPSA) is 71.8 Å². The van der Waals surface area contributed by atoms with Crippen LogP contribution in [-0.2, 0) is 9.53 Å². The van der Waals surface area contributed by atoms with Gasteiger partial charge in [-0.25, -0.2) is 4.39 Å². The summed E-state index contributed by atoms with van der Waals surface area (Å²) in [7, 11) is 0. The number of benzene rings is 1. The van der Waals surface area contributed by atoms with Gasteiger partial charge in [-0.05, 0) is 24.3 Å². The molecule has 2 heterocycles. The number of piperazine rings is 1. The molecule has 1 amide bonds. The Hall–Kier alpha value is -2.63. The minimum absolute atomic E-state index is 0.122. The quantitative estimate of drug-likeness (QED) is 0.442. The van der Waals surface area contributed by atoms with Crippen molar-refractivity contribution in [1.82, 2.24) is 15.1 Å². The van der Waals surface area contributed by atoms with Crippen molar-refractivity contribution in [3.8, 4) is 6.07 Å².